The molecular formula is C15H31NO. The van der Waals surface area contributed by atoms with Gasteiger partial charge in [-0.05, 0) is 44.6 Å². The Balaban J connectivity index is 1.91. The largest absolute Gasteiger partial charge is 0.381 e. The summed E-state index contributed by atoms with van der Waals surface area (Å²) in [6, 6.07) is 0.774. The molecule has 2 heteroatoms. The van der Waals surface area contributed by atoms with E-state index in [2.05, 4.69) is 19.2 Å². The summed E-state index contributed by atoms with van der Waals surface area (Å²) in [5.41, 5.74) is 0. The van der Waals surface area contributed by atoms with Gasteiger partial charge in [0, 0.05) is 19.3 Å². The molecule has 0 aromatic heterocycles. The van der Waals surface area contributed by atoms with E-state index in [0.29, 0.717) is 0 Å². The molecular weight excluding hydrogens is 210 g/mol. The van der Waals surface area contributed by atoms with Crippen molar-refractivity contribution in [2.24, 2.45) is 5.92 Å². The highest BCUT2D eigenvalue weighted by molar-refractivity contribution is 4.73. The summed E-state index contributed by atoms with van der Waals surface area (Å²) in [5.74, 6) is 0.944. The molecule has 2 unspecified atom stereocenters. The Morgan fingerprint density at radius 2 is 1.88 bits per heavy atom. The molecule has 2 atom stereocenters. The van der Waals surface area contributed by atoms with E-state index in [1.807, 2.05) is 0 Å². The zero-order valence-corrected chi connectivity index (χ0v) is 11.8. The third-order valence-corrected chi connectivity index (χ3v) is 3.80. The van der Waals surface area contributed by atoms with E-state index in [-0.39, 0.29) is 0 Å². The van der Waals surface area contributed by atoms with Crippen LogP contribution in [0, 0.1) is 5.92 Å². The number of hydrogen-bond donors (Lipinski definition) is 1. The molecule has 1 aliphatic rings. The average molecular weight is 241 g/mol. The smallest absolute Gasteiger partial charge is 0.0478 e. The van der Waals surface area contributed by atoms with Crippen LogP contribution in [0.1, 0.15) is 65.2 Å². The Bertz CT molecular complexity index is 172. The topological polar surface area (TPSA) is 21.3 Å². The van der Waals surface area contributed by atoms with Crippen LogP contribution in [-0.4, -0.2) is 25.8 Å². The van der Waals surface area contributed by atoms with Gasteiger partial charge in [-0.15, -0.1) is 0 Å². The third kappa shape index (κ3) is 7.77. The molecule has 1 N–H and O–H groups in total. The first-order valence-corrected chi connectivity index (χ1v) is 7.64. The third-order valence-electron chi connectivity index (χ3n) is 3.80. The van der Waals surface area contributed by atoms with E-state index in [1.165, 1.54) is 44.9 Å². The minimum absolute atomic E-state index is 0.774. The van der Waals surface area contributed by atoms with Gasteiger partial charge in [0.05, 0.1) is 0 Å². The molecule has 0 radical (unpaired) electrons. The fraction of sp³-hybridized carbons (Fsp3) is 1.00. The highest BCUT2D eigenvalue weighted by Gasteiger charge is 2.14. The molecule has 1 aliphatic carbocycles. The van der Waals surface area contributed by atoms with Gasteiger partial charge in [-0.25, -0.2) is 0 Å². The summed E-state index contributed by atoms with van der Waals surface area (Å²) in [7, 11) is 0. The molecule has 0 spiro atoms. The summed E-state index contributed by atoms with van der Waals surface area (Å²) >= 11 is 0. The number of hydrogen-bond acceptors (Lipinski definition) is 2. The second-order valence-corrected chi connectivity index (χ2v) is 5.58. The van der Waals surface area contributed by atoms with E-state index in [4.69, 9.17) is 4.74 Å². The van der Waals surface area contributed by atoms with Gasteiger partial charge in [-0.1, -0.05) is 33.1 Å². The highest BCUT2D eigenvalue weighted by Crippen LogP contribution is 2.22. The van der Waals surface area contributed by atoms with Crippen molar-refractivity contribution in [3.63, 3.8) is 0 Å². The standard InChI is InChI=1S/C15H31NO/c1-3-4-12-17-13-6-11-16-15-8-5-7-14(2)9-10-15/h14-16H,3-13H2,1-2H3. The van der Waals surface area contributed by atoms with Crippen molar-refractivity contribution >= 4 is 0 Å². The molecule has 0 heterocycles. The highest BCUT2D eigenvalue weighted by atomic mass is 16.5. The van der Waals surface area contributed by atoms with E-state index in [9.17, 15) is 0 Å². The minimum Gasteiger partial charge on any atom is -0.381 e. The van der Waals surface area contributed by atoms with Gasteiger partial charge >= 0.3 is 0 Å². The first-order valence-electron chi connectivity index (χ1n) is 7.64. The summed E-state index contributed by atoms with van der Waals surface area (Å²) in [4.78, 5) is 0. The van der Waals surface area contributed by atoms with Crippen molar-refractivity contribution in [3.8, 4) is 0 Å². The zero-order valence-electron chi connectivity index (χ0n) is 11.8. The normalized spacial score (nSPS) is 25.8. The second-order valence-electron chi connectivity index (χ2n) is 5.58. The Hall–Kier alpha value is -0.0800. The van der Waals surface area contributed by atoms with E-state index in [0.717, 1.165) is 38.1 Å². The maximum atomic E-state index is 5.57. The van der Waals surface area contributed by atoms with Crippen molar-refractivity contribution in [3.05, 3.63) is 0 Å². The van der Waals surface area contributed by atoms with Gasteiger partial charge in [0.25, 0.3) is 0 Å². The van der Waals surface area contributed by atoms with E-state index in [1.54, 1.807) is 0 Å². The van der Waals surface area contributed by atoms with Gasteiger partial charge < -0.3 is 10.1 Å². The van der Waals surface area contributed by atoms with Crippen LogP contribution in [0.5, 0.6) is 0 Å². The molecule has 1 saturated carbocycles. The molecule has 0 aromatic carbocycles. The van der Waals surface area contributed by atoms with Crippen molar-refractivity contribution in [2.45, 2.75) is 71.3 Å². The van der Waals surface area contributed by atoms with Crippen molar-refractivity contribution in [1.29, 1.82) is 0 Å². The molecule has 102 valence electrons. The number of rotatable bonds is 8. The fourth-order valence-corrected chi connectivity index (χ4v) is 2.52. The summed E-state index contributed by atoms with van der Waals surface area (Å²) in [5, 5.41) is 3.69. The molecule has 17 heavy (non-hydrogen) atoms. The van der Waals surface area contributed by atoms with Crippen molar-refractivity contribution in [2.75, 3.05) is 19.8 Å². The fourth-order valence-electron chi connectivity index (χ4n) is 2.52. The van der Waals surface area contributed by atoms with Crippen LogP contribution in [0.4, 0.5) is 0 Å². The van der Waals surface area contributed by atoms with Crippen LogP contribution < -0.4 is 5.32 Å². The van der Waals surface area contributed by atoms with Gasteiger partial charge in [0.15, 0.2) is 0 Å². The summed E-state index contributed by atoms with van der Waals surface area (Å²) in [6.07, 6.45) is 10.6. The van der Waals surface area contributed by atoms with Crippen molar-refractivity contribution < 1.29 is 4.74 Å². The number of unbranched alkanes of at least 4 members (excludes halogenated alkanes) is 1. The van der Waals surface area contributed by atoms with Crippen molar-refractivity contribution in [1.82, 2.24) is 5.32 Å². The number of ether oxygens (including phenoxy) is 1. The van der Waals surface area contributed by atoms with Crippen LogP contribution in [0.3, 0.4) is 0 Å². The van der Waals surface area contributed by atoms with Gasteiger partial charge in [0.2, 0.25) is 0 Å². The van der Waals surface area contributed by atoms with E-state index >= 15 is 0 Å². The molecule has 1 rings (SSSR count). The Labute approximate surface area is 108 Å². The molecule has 2 nitrogen and oxygen atoms in total. The minimum atomic E-state index is 0.774. The average Bonchev–Trinajstić information content (AvgIpc) is 2.53. The van der Waals surface area contributed by atoms with Crippen LogP contribution in [0.15, 0.2) is 0 Å². The quantitative estimate of drug-likeness (QED) is 0.516. The summed E-state index contributed by atoms with van der Waals surface area (Å²) < 4.78 is 5.57. The molecule has 0 saturated heterocycles. The Kier molecular flexibility index (Phi) is 8.72. The van der Waals surface area contributed by atoms with Gasteiger partial charge in [-0.2, -0.15) is 0 Å². The SMILES string of the molecule is CCCCOCCCNC1CCCC(C)CC1. The lowest BCUT2D eigenvalue weighted by atomic mass is 10.0. The maximum absolute atomic E-state index is 5.57. The predicted molar refractivity (Wildman–Crippen MR) is 74.4 cm³/mol. The van der Waals surface area contributed by atoms with E-state index < -0.39 is 0 Å². The van der Waals surface area contributed by atoms with Crippen LogP contribution in [0.25, 0.3) is 0 Å². The van der Waals surface area contributed by atoms with Gasteiger partial charge in [0.1, 0.15) is 0 Å². The molecule has 0 amide bonds. The second kappa shape index (κ2) is 9.90. The molecule has 1 fully saturated rings. The first kappa shape index (κ1) is 15.0. The maximum Gasteiger partial charge on any atom is 0.0478 e. The zero-order chi connectivity index (χ0) is 12.3. The summed E-state index contributed by atoms with van der Waals surface area (Å²) in [6.45, 7) is 7.60. The Morgan fingerprint density at radius 1 is 1.06 bits per heavy atom. The van der Waals surface area contributed by atoms with Gasteiger partial charge in [-0.3, -0.25) is 0 Å². The van der Waals surface area contributed by atoms with Crippen LogP contribution >= 0.6 is 0 Å². The lowest BCUT2D eigenvalue weighted by Gasteiger charge is -2.16. The molecule has 0 bridgehead atoms. The lowest BCUT2D eigenvalue weighted by molar-refractivity contribution is 0.128. The first-order chi connectivity index (χ1) is 8.33. The monoisotopic (exact) mass is 241 g/mol. The molecule has 0 aromatic rings. The lowest BCUT2D eigenvalue weighted by Crippen LogP contribution is -2.30. The molecule has 0 aliphatic heterocycles. The van der Waals surface area contributed by atoms with Crippen LogP contribution in [-0.2, 0) is 4.74 Å². The predicted octanol–water partition coefficient (Wildman–Crippen LogP) is 3.75. The Morgan fingerprint density at radius 3 is 2.71 bits per heavy atom. The van der Waals surface area contributed by atoms with Crippen LogP contribution in [0.2, 0.25) is 0 Å². The number of nitrogens with one attached hydrogen (secondary N) is 1.